The molecule has 6 nitrogen and oxygen atoms in total. The number of rotatable bonds is 4. The summed E-state index contributed by atoms with van der Waals surface area (Å²) in [4.78, 5) is 21.1. The van der Waals surface area contributed by atoms with Crippen molar-refractivity contribution in [1.29, 1.82) is 0 Å². The van der Waals surface area contributed by atoms with Crippen LogP contribution in [0.25, 0.3) is 0 Å². The van der Waals surface area contributed by atoms with Crippen molar-refractivity contribution in [2.75, 3.05) is 12.4 Å². The normalized spacial score (nSPS) is 12.0. The van der Waals surface area contributed by atoms with E-state index in [-0.39, 0.29) is 0 Å². The molecule has 0 saturated carbocycles. The molecule has 0 fully saturated rings. The molecule has 1 atom stereocenters. The van der Waals surface area contributed by atoms with Gasteiger partial charge >= 0.3 is 0 Å². The van der Waals surface area contributed by atoms with Crippen LogP contribution in [0, 0.1) is 21.7 Å². The van der Waals surface area contributed by atoms with E-state index in [0.29, 0.717) is 12.1 Å². The molecule has 8 heteroatoms. The SMILES string of the molecule is COC(C)C(=O)Nc1c(F)cc(F)cc1[N+](=O)[O-]. The molecule has 0 radical (unpaired) electrons. The molecule has 1 amide bonds. The average Bonchev–Trinajstić information content (AvgIpc) is 2.30. The number of carbonyl (C=O) groups excluding carboxylic acids is 1. The van der Waals surface area contributed by atoms with Crippen LogP contribution in [-0.4, -0.2) is 24.0 Å². The number of nitro benzene ring substituents is 1. The van der Waals surface area contributed by atoms with Crippen molar-refractivity contribution >= 4 is 17.3 Å². The van der Waals surface area contributed by atoms with E-state index in [1.165, 1.54) is 14.0 Å². The van der Waals surface area contributed by atoms with Gasteiger partial charge in [-0.15, -0.1) is 0 Å². The van der Waals surface area contributed by atoms with Gasteiger partial charge in [-0.25, -0.2) is 8.78 Å². The van der Waals surface area contributed by atoms with Gasteiger partial charge in [0.15, 0.2) is 11.5 Å². The molecule has 1 aromatic rings. The Labute approximate surface area is 101 Å². The standard InChI is InChI=1S/C10H10F2N2O4/c1-5(18-2)10(15)13-9-7(12)3-6(11)4-8(9)14(16)17/h3-5H,1-2H3,(H,13,15). The van der Waals surface area contributed by atoms with E-state index in [9.17, 15) is 23.7 Å². The number of methoxy groups -OCH3 is 1. The van der Waals surface area contributed by atoms with Crippen LogP contribution in [0.5, 0.6) is 0 Å². The van der Waals surface area contributed by atoms with Gasteiger partial charge in [-0.05, 0) is 6.92 Å². The number of carbonyl (C=O) groups is 1. The van der Waals surface area contributed by atoms with E-state index in [2.05, 4.69) is 4.74 Å². The van der Waals surface area contributed by atoms with Gasteiger partial charge in [0.2, 0.25) is 0 Å². The lowest BCUT2D eigenvalue weighted by molar-refractivity contribution is -0.384. The maximum atomic E-state index is 13.4. The van der Waals surface area contributed by atoms with E-state index in [1.807, 2.05) is 5.32 Å². The zero-order chi connectivity index (χ0) is 13.9. The molecule has 1 rings (SSSR count). The van der Waals surface area contributed by atoms with Crippen LogP contribution in [-0.2, 0) is 9.53 Å². The van der Waals surface area contributed by atoms with E-state index in [0.717, 1.165) is 0 Å². The Morgan fingerprint density at radius 2 is 2.11 bits per heavy atom. The highest BCUT2D eigenvalue weighted by molar-refractivity contribution is 5.96. The van der Waals surface area contributed by atoms with Crippen molar-refractivity contribution in [3.63, 3.8) is 0 Å². The third-order valence-electron chi connectivity index (χ3n) is 2.20. The number of nitrogens with one attached hydrogen (secondary N) is 1. The fraction of sp³-hybridized carbons (Fsp3) is 0.300. The van der Waals surface area contributed by atoms with Gasteiger partial charge < -0.3 is 10.1 Å². The molecule has 1 aromatic carbocycles. The van der Waals surface area contributed by atoms with Crippen molar-refractivity contribution in [2.45, 2.75) is 13.0 Å². The minimum absolute atomic E-state index is 0.445. The van der Waals surface area contributed by atoms with Gasteiger partial charge in [-0.3, -0.25) is 14.9 Å². The molecule has 0 saturated heterocycles. The van der Waals surface area contributed by atoms with Gasteiger partial charge in [0, 0.05) is 13.2 Å². The molecule has 0 aromatic heterocycles. The first kappa shape index (κ1) is 14.0. The molecule has 0 aliphatic rings. The number of amides is 1. The number of hydrogen-bond acceptors (Lipinski definition) is 4. The second-order valence-corrected chi connectivity index (χ2v) is 3.41. The first-order valence-corrected chi connectivity index (χ1v) is 4.84. The Morgan fingerprint density at radius 3 is 2.61 bits per heavy atom. The molecule has 0 spiro atoms. The predicted molar refractivity (Wildman–Crippen MR) is 58.1 cm³/mol. The summed E-state index contributed by atoms with van der Waals surface area (Å²) in [5.74, 6) is -3.10. The van der Waals surface area contributed by atoms with Gasteiger partial charge in [0.05, 0.1) is 11.0 Å². The third-order valence-corrected chi connectivity index (χ3v) is 2.20. The van der Waals surface area contributed by atoms with Crippen LogP contribution in [0.3, 0.4) is 0 Å². The first-order chi connectivity index (χ1) is 8.36. The molecular weight excluding hydrogens is 250 g/mol. The Hall–Kier alpha value is -2.09. The van der Waals surface area contributed by atoms with E-state index in [1.54, 1.807) is 0 Å². The van der Waals surface area contributed by atoms with Crippen LogP contribution in [0.15, 0.2) is 12.1 Å². The molecule has 0 aliphatic heterocycles. The lowest BCUT2D eigenvalue weighted by atomic mass is 10.2. The van der Waals surface area contributed by atoms with E-state index in [4.69, 9.17) is 0 Å². The number of ether oxygens (including phenoxy) is 1. The fourth-order valence-electron chi connectivity index (χ4n) is 1.16. The summed E-state index contributed by atoms with van der Waals surface area (Å²) in [6.07, 6.45) is -0.922. The second kappa shape index (κ2) is 5.50. The van der Waals surface area contributed by atoms with Crippen molar-refractivity contribution < 1.29 is 23.2 Å². The molecule has 18 heavy (non-hydrogen) atoms. The van der Waals surface area contributed by atoms with Crippen molar-refractivity contribution in [1.82, 2.24) is 0 Å². The number of nitro groups is 1. The number of benzene rings is 1. The maximum Gasteiger partial charge on any atom is 0.298 e. The Balaban J connectivity index is 3.15. The third kappa shape index (κ3) is 2.98. The largest absolute Gasteiger partial charge is 0.372 e. The second-order valence-electron chi connectivity index (χ2n) is 3.41. The van der Waals surface area contributed by atoms with Crippen LogP contribution >= 0.6 is 0 Å². The van der Waals surface area contributed by atoms with Crippen LogP contribution < -0.4 is 5.32 Å². The quantitative estimate of drug-likeness (QED) is 0.661. The zero-order valence-electron chi connectivity index (χ0n) is 9.57. The molecule has 1 unspecified atom stereocenters. The topological polar surface area (TPSA) is 81.5 Å². The lowest BCUT2D eigenvalue weighted by Gasteiger charge is -2.11. The van der Waals surface area contributed by atoms with Gasteiger partial charge in [-0.1, -0.05) is 0 Å². The molecule has 0 aliphatic carbocycles. The van der Waals surface area contributed by atoms with Crippen LogP contribution in [0.1, 0.15) is 6.92 Å². The smallest absolute Gasteiger partial charge is 0.298 e. The highest BCUT2D eigenvalue weighted by Crippen LogP contribution is 2.28. The molecular formula is C10H10F2N2O4. The summed E-state index contributed by atoms with van der Waals surface area (Å²) in [7, 11) is 1.25. The molecule has 1 N–H and O–H groups in total. The molecule has 98 valence electrons. The van der Waals surface area contributed by atoms with Crippen LogP contribution in [0.2, 0.25) is 0 Å². The summed E-state index contributed by atoms with van der Waals surface area (Å²) >= 11 is 0. The predicted octanol–water partition coefficient (Wildman–Crippen LogP) is 1.85. The van der Waals surface area contributed by atoms with E-state index < -0.39 is 39.9 Å². The van der Waals surface area contributed by atoms with Crippen molar-refractivity contribution in [3.05, 3.63) is 33.9 Å². The zero-order valence-corrected chi connectivity index (χ0v) is 9.57. The molecule has 0 bridgehead atoms. The summed E-state index contributed by atoms with van der Waals surface area (Å²) in [5, 5.41) is 12.6. The van der Waals surface area contributed by atoms with E-state index >= 15 is 0 Å². The van der Waals surface area contributed by atoms with Crippen molar-refractivity contribution in [3.8, 4) is 0 Å². The van der Waals surface area contributed by atoms with Gasteiger partial charge in [0.1, 0.15) is 11.9 Å². The van der Waals surface area contributed by atoms with Gasteiger partial charge in [0.25, 0.3) is 11.6 Å². The average molecular weight is 260 g/mol. The Kier molecular flexibility index (Phi) is 4.27. The number of halogens is 2. The summed E-state index contributed by atoms with van der Waals surface area (Å²) in [6, 6.07) is 0.968. The van der Waals surface area contributed by atoms with Crippen molar-refractivity contribution in [2.24, 2.45) is 0 Å². The first-order valence-electron chi connectivity index (χ1n) is 4.84. The summed E-state index contributed by atoms with van der Waals surface area (Å²) < 4.78 is 30.9. The summed E-state index contributed by atoms with van der Waals surface area (Å²) in [6.45, 7) is 1.38. The number of anilines is 1. The number of nitrogens with zero attached hydrogens (tertiary/aromatic N) is 1. The Morgan fingerprint density at radius 1 is 1.50 bits per heavy atom. The Bertz CT molecular complexity index is 493. The minimum atomic E-state index is -1.22. The van der Waals surface area contributed by atoms with Gasteiger partial charge in [-0.2, -0.15) is 0 Å². The maximum absolute atomic E-state index is 13.4. The molecule has 0 heterocycles. The number of hydrogen-bond donors (Lipinski definition) is 1. The highest BCUT2D eigenvalue weighted by Gasteiger charge is 2.24. The van der Waals surface area contributed by atoms with Crippen LogP contribution in [0.4, 0.5) is 20.2 Å². The monoisotopic (exact) mass is 260 g/mol. The fourth-order valence-corrected chi connectivity index (χ4v) is 1.16. The minimum Gasteiger partial charge on any atom is -0.372 e. The summed E-state index contributed by atoms with van der Waals surface area (Å²) in [5.41, 5.74) is -1.54. The lowest BCUT2D eigenvalue weighted by Crippen LogP contribution is -2.27. The highest BCUT2D eigenvalue weighted by atomic mass is 19.1.